The van der Waals surface area contributed by atoms with E-state index < -0.39 is 5.97 Å². The van der Waals surface area contributed by atoms with Gasteiger partial charge in [-0.05, 0) is 60.7 Å². The number of carboxylic acids is 1. The molecule has 0 spiro atoms. The van der Waals surface area contributed by atoms with Gasteiger partial charge in [0.1, 0.15) is 5.75 Å². The van der Waals surface area contributed by atoms with E-state index in [1.54, 1.807) is 38.2 Å². The summed E-state index contributed by atoms with van der Waals surface area (Å²) in [4.78, 5) is 33.6. The average Bonchev–Trinajstić information content (AvgIpc) is 3.51. The van der Waals surface area contributed by atoms with Gasteiger partial charge in [-0.3, -0.25) is 4.79 Å². The lowest BCUT2D eigenvalue weighted by atomic mass is 9.74. The van der Waals surface area contributed by atoms with Crippen LogP contribution < -0.4 is 15.0 Å². The van der Waals surface area contributed by atoms with Crippen LogP contribution in [-0.2, 0) is 4.79 Å². The van der Waals surface area contributed by atoms with Gasteiger partial charge in [-0.25, -0.2) is 9.78 Å². The Morgan fingerprint density at radius 3 is 2.53 bits per heavy atom. The number of anilines is 3. The molecular weight excluding hydrogens is 500 g/mol. The third-order valence-corrected chi connectivity index (χ3v) is 8.53. The summed E-state index contributed by atoms with van der Waals surface area (Å²) < 4.78 is 5.26. The first-order chi connectivity index (χ1) is 18.4. The van der Waals surface area contributed by atoms with Gasteiger partial charge >= 0.3 is 5.97 Å². The maximum absolute atomic E-state index is 13.0. The number of likely N-dealkylation sites (N-methyl/N-ethyl adjacent to an activating group) is 1. The molecule has 9 heteroatoms. The molecule has 0 saturated heterocycles. The molecule has 3 aromatic rings. The van der Waals surface area contributed by atoms with Gasteiger partial charge in [0.15, 0.2) is 5.13 Å². The van der Waals surface area contributed by atoms with Crippen molar-refractivity contribution >= 4 is 39.7 Å². The van der Waals surface area contributed by atoms with Gasteiger partial charge in [0.25, 0.3) is 0 Å². The second kappa shape index (κ2) is 11.0. The molecule has 1 amide bonds. The molecule has 1 aliphatic carbocycles. The average molecular weight is 535 g/mol. The van der Waals surface area contributed by atoms with Crippen LogP contribution in [0.25, 0.3) is 0 Å². The first-order valence-electron chi connectivity index (χ1n) is 13.1. The van der Waals surface area contributed by atoms with Crippen molar-refractivity contribution in [1.82, 2.24) is 9.88 Å². The summed E-state index contributed by atoms with van der Waals surface area (Å²) in [5.41, 5.74) is 4.00. The Morgan fingerprint density at radius 2 is 1.87 bits per heavy atom. The van der Waals surface area contributed by atoms with Crippen LogP contribution in [0.2, 0.25) is 0 Å². The van der Waals surface area contributed by atoms with Crippen molar-refractivity contribution in [2.45, 2.75) is 44.1 Å². The molecule has 0 radical (unpaired) electrons. The summed E-state index contributed by atoms with van der Waals surface area (Å²) in [5.74, 6) is 0.375. The highest BCUT2D eigenvalue weighted by atomic mass is 32.1. The molecule has 200 valence electrons. The SMILES string of the molecule is COc1ccc(Nc2nc(C3C(C4CCCCC4)c4ccc(C(=O)O)cc4N3CC(=O)N(C)C)cs2)cc1. The molecule has 1 aliphatic heterocycles. The largest absolute Gasteiger partial charge is 0.497 e. The highest BCUT2D eigenvalue weighted by Crippen LogP contribution is 2.55. The van der Waals surface area contributed by atoms with Crippen LogP contribution in [0, 0.1) is 5.92 Å². The minimum Gasteiger partial charge on any atom is -0.497 e. The van der Waals surface area contributed by atoms with Crippen molar-refractivity contribution in [2.24, 2.45) is 5.92 Å². The monoisotopic (exact) mass is 534 g/mol. The number of methoxy groups -OCH3 is 1. The number of aromatic carboxylic acids is 1. The highest BCUT2D eigenvalue weighted by Gasteiger charge is 2.45. The Bertz CT molecular complexity index is 1300. The van der Waals surface area contributed by atoms with Crippen molar-refractivity contribution in [1.29, 1.82) is 0 Å². The zero-order valence-corrected chi connectivity index (χ0v) is 22.8. The number of ether oxygens (including phenoxy) is 1. The van der Waals surface area contributed by atoms with Crippen molar-refractivity contribution in [3.8, 4) is 5.75 Å². The third-order valence-electron chi connectivity index (χ3n) is 7.75. The van der Waals surface area contributed by atoms with Gasteiger partial charge in [-0.15, -0.1) is 11.3 Å². The molecule has 1 saturated carbocycles. The van der Waals surface area contributed by atoms with E-state index in [0.29, 0.717) is 5.92 Å². The van der Waals surface area contributed by atoms with Crippen LogP contribution in [0.3, 0.4) is 0 Å². The quantitative estimate of drug-likeness (QED) is 0.371. The number of fused-ring (bicyclic) bond motifs is 1. The van der Waals surface area contributed by atoms with E-state index in [9.17, 15) is 14.7 Å². The lowest BCUT2D eigenvalue weighted by Gasteiger charge is -2.35. The van der Waals surface area contributed by atoms with Crippen molar-refractivity contribution in [3.05, 3.63) is 64.7 Å². The van der Waals surface area contributed by atoms with Crippen LogP contribution in [0.5, 0.6) is 5.75 Å². The Labute approximate surface area is 227 Å². The summed E-state index contributed by atoms with van der Waals surface area (Å²) in [7, 11) is 5.14. The minimum atomic E-state index is -0.969. The number of hydrogen-bond donors (Lipinski definition) is 2. The number of carboxylic acid groups (broad SMARTS) is 1. The van der Waals surface area contributed by atoms with E-state index in [-0.39, 0.29) is 30.0 Å². The molecule has 38 heavy (non-hydrogen) atoms. The number of amides is 1. The summed E-state index contributed by atoms with van der Waals surface area (Å²) in [6.45, 7) is 0.162. The van der Waals surface area contributed by atoms with Crippen molar-refractivity contribution in [3.63, 3.8) is 0 Å². The maximum atomic E-state index is 13.0. The Kier molecular flexibility index (Phi) is 7.56. The Balaban J connectivity index is 1.55. The summed E-state index contributed by atoms with van der Waals surface area (Å²) in [6, 6.07) is 13.0. The first-order valence-corrected chi connectivity index (χ1v) is 13.9. The predicted molar refractivity (Wildman–Crippen MR) is 150 cm³/mol. The first kappa shape index (κ1) is 26.0. The van der Waals surface area contributed by atoms with Crippen molar-refractivity contribution in [2.75, 3.05) is 38.0 Å². The molecule has 1 aromatic heterocycles. The zero-order valence-electron chi connectivity index (χ0n) is 22.0. The number of carbonyl (C=O) groups excluding carboxylic acids is 1. The van der Waals surface area contributed by atoms with E-state index in [1.165, 1.54) is 30.6 Å². The molecule has 2 aromatic carbocycles. The topological polar surface area (TPSA) is 95.0 Å². The molecule has 2 N–H and O–H groups in total. The second-order valence-corrected chi connectivity index (χ2v) is 11.2. The van der Waals surface area contributed by atoms with E-state index in [4.69, 9.17) is 9.72 Å². The van der Waals surface area contributed by atoms with E-state index in [0.717, 1.165) is 46.4 Å². The highest BCUT2D eigenvalue weighted by molar-refractivity contribution is 7.13. The van der Waals surface area contributed by atoms with Crippen LogP contribution in [-0.4, -0.2) is 54.6 Å². The fourth-order valence-electron chi connectivity index (χ4n) is 5.82. The predicted octanol–water partition coefficient (Wildman–Crippen LogP) is 5.91. The van der Waals surface area contributed by atoms with E-state index >= 15 is 0 Å². The molecule has 5 rings (SSSR count). The molecule has 8 nitrogen and oxygen atoms in total. The summed E-state index contributed by atoms with van der Waals surface area (Å²) in [6.07, 6.45) is 5.87. The lowest BCUT2D eigenvalue weighted by Crippen LogP contribution is -2.39. The van der Waals surface area contributed by atoms with Crippen molar-refractivity contribution < 1.29 is 19.4 Å². The smallest absolute Gasteiger partial charge is 0.335 e. The minimum absolute atomic E-state index is 0.0298. The number of nitrogens with zero attached hydrogens (tertiary/aromatic N) is 3. The molecule has 0 bridgehead atoms. The van der Waals surface area contributed by atoms with Crippen LogP contribution >= 0.6 is 11.3 Å². The maximum Gasteiger partial charge on any atom is 0.335 e. The fourth-order valence-corrected chi connectivity index (χ4v) is 6.58. The number of carbonyl (C=O) groups is 2. The van der Waals surface area contributed by atoms with Crippen LogP contribution in [0.15, 0.2) is 47.8 Å². The molecule has 2 atom stereocenters. The summed E-state index contributed by atoms with van der Waals surface area (Å²) >= 11 is 1.53. The third kappa shape index (κ3) is 5.20. The molecular formula is C29H34N4O4S. The summed E-state index contributed by atoms with van der Waals surface area (Å²) in [5, 5.41) is 16.0. The van der Waals surface area contributed by atoms with Gasteiger partial charge in [0.05, 0.1) is 31.0 Å². The molecule has 2 aliphatic rings. The van der Waals surface area contributed by atoms with Crippen LogP contribution in [0.4, 0.5) is 16.5 Å². The van der Waals surface area contributed by atoms with Gasteiger partial charge < -0.3 is 25.0 Å². The van der Waals surface area contributed by atoms with E-state index in [2.05, 4.69) is 15.6 Å². The molecule has 1 fully saturated rings. The van der Waals surface area contributed by atoms with Gasteiger partial charge in [0, 0.05) is 36.8 Å². The second-order valence-electron chi connectivity index (χ2n) is 10.3. The number of nitrogens with one attached hydrogen (secondary N) is 1. The standard InChI is InChI=1S/C29H34N4O4S/c1-32(2)25(34)16-33-24-15-19(28(35)36)9-14-22(24)26(18-7-5-4-6-8-18)27(33)23-17-38-29(31-23)30-20-10-12-21(37-3)13-11-20/h9-15,17-18,26-27H,4-8,16H2,1-3H3,(H,30,31)(H,35,36). The molecule has 2 unspecified atom stereocenters. The van der Waals surface area contributed by atoms with Crippen LogP contribution in [0.1, 0.15) is 65.7 Å². The Morgan fingerprint density at radius 1 is 1.13 bits per heavy atom. The number of thiazole rings is 1. The van der Waals surface area contributed by atoms with Gasteiger partial charge in [-0.2, -0.15) is 0 Å². The number of hydrogen-bond acceptors (Lipinski definition) is 7. The van der Waals surface area contributed by atoms with Gasteiger partial charge in [0.2, 0.25) is 5.91 Å². The van der Waals surface area contributed by atoms with E-state index in [1.807, 2.05) is 30.3 Å². The zero-order chi connectivity index (χ0) is 26.8. The normalized spacial score (nSPS) is 19.2. The Hall–Kier alpha value is -3.59. The molecule has 2 heterocycles. The lowest BCUT2D eigenvalue weighted by molar-refractivity contribution is -0.127. The number of rotatable bonds is 8. The fraction of sp³-hybridized carbons (Fsp3) is 0.414. The number of benzene rings is 2. The number of aromatic nitrogens is 1. The van der Waals surface area contributed by atoms with Gasteiger partial charge in [-0.1, -0.05) is 25.3 Å².